The summed E-state index contributed by atoms with van der Waals surface area (Å²) in [6, 6.07) is 0. The van der Waals surface area contributed by atoms with Gasteiger partial charge >= 0.3 is 0 Å². The van der Waals surface area contributed by atoms with Gasteiger partial charge in [-0.25, -0.2) is 0 Å². The third-order valence-corrected chi connectivity index (χ3v) is 3.24. The monoisotopic (exact) mass is 233 g/mol. The average molecular weight is 233 g/mol. The van der Waals surface area contributed by atoms with Crippen LogP contribution in [0.1, 0.15) is 26.2 Å². The van der Waals surface area contributed by atoms with Crippen LogP contribution >= 0.6 is 0 Å². The van der Waals surface area contributed by atoms with Gasteiger partial charge in [-0.2, -0.15) is 0 Å². The van der Waals surface area contributed by atoms with Gasteiger partial charge in [0.1, 0.15) is 6.29 Å². The molecule has 0 spiro atoms. The predicted octanol–water partition coefficient (Wildman–Crippen LogP) is 2.98. The summed E-state index contributed by atoms with van der Waals surface area (Å²) < 4.78 is 0. The summed E-state index contributed by atoms with van der Waals surface area (Å²) in [6.45, 7) is 8.85. The molecule has 0 aliphatic carbocycles. The van der Waals surface area contributed by atoms with E-state index in [2.05, 4.69) is 36.6 Å². The Balaban J connectivity index is 2.37. The predicted molar refractivity (Wildman–Crippen MR) is 72.9 cm³/mol. The van der Waals surface area contributed by atoms with Crippen LogP contribution in [0.5, 0.6) is 0 Å². The molecule has 0 bridgehead atoms. The largest absolute Gasteiger partial charge is 0.303 e. The maximum absolute atomic E-state index is 10.7. The Labute approximate surface area is 105 Å². The molecule has 17 heavy (non-hydrogen) atoms. The molecule has 1 heterocycles. The van der Waals surface area contributed by atoms with Crippen molar-refractivity contribution in [3.8, 4) is 0 Å². The highest BCUT2D eigenvalue weighted by Gasteiger charge is 2.18. The fraction of sp³-hybridized carbons (Fsp3) is 0.533. The van der Waals surface area contributed by atoms with Crippen LogP contribution in [0, 0.1) is 5.92 Å². The van der Waals surface area contributed by atoms with Crippen molar-refractivity contribution in [2.75, 3.05) is 19.6 Å². The number of aldehydes is 1. The van der Waals surface area contributed by atoms with Gasteiger partial charge in [0.2, 0.25) is 0 Å². The minimum Gasteiger partial charge on any atom is -0.303 e. The molecule has 1 fully saturated rings. The van der Waals surface area contributed by atoms with Crippen LogP contribution in [-0.4, -0.2) is 30.8 Å². The average Bonchev–Trinajstić information content (AvgIpc) is 2.38. The second kappa shape index (κ2) is 8.02. The van der Waals surface area contributed by atoms with E-state index in [1.807, 2.05) is 6.08 Å². The molecule has 0 saturated carbocycles. The number of carbonyl (C=O) groups excluding carboxylic acids is 1. The third kappa shape index (κ3) is 5.14. The van der Waals surface area contributed by atoms with Gasteiger partial charge in [-0.1, -0.05) is 24.3 Å². The number of nitrogens with zero attached hydrogens (tertiary/aromatic N) is 1. The zero-order valence-electron chi connectivity index (χ0n) is 10.8. The first-order valence-electron chi connectivity index (χ1n) is 6.40. The highest BCUT2D eigenvalue weighted by molar-refractivity contribution is 5.53. The fourth-order valence-corrected chi connectivity index (χ4v) is 2.06. The quantitative estimate of drug-likeness (QED) is 0.399. The molecule has 0 amide bonds. The number of piperidine rings is 1. The van der Waals surface area contributed by atoms with E-state index in [-0.39, 0.29) is 5.92 Å². The first-order valence-corrected chi connectivity index (χ1v) is 6.40. The van der Waals surface area contributed by atoms with Gasteiger partial charge in [0.25, 0.3) is 0 Å². The summed E-state index contributed by atoms with van der Waals surface area (Å²) in [5.41, 5.74) is 1.34. The number of hydrogen-bond donors (Lipinski definition) is 0. The van der Waals surface area contributed by atoms with Crippen LogP contribution in [0.25, 0.3) is 0 Å². The summed E-state index contributed by atoms with van der Waals surface area (Å²) in [4.78, 5) is 13.1. The first-order chi connectivity index (χ1) is 8.30. The molecule has 2 nitrogen and oxygen atoms in total. The van der Waals surface area contributed by atoms with Gasteiger partial charge in [-0.3, -0.25) is 4.90 Å². The van der Waals surface area contributed by atoms with Crippen LogP contribution in [0.15, 0.2) is 36.5 Å². The van der Waals surface area contributed by atoms with Crippen LogP contribution in [0.4, 0.5) is 0 Å². The van der Waals surface area contributed by atoms with E-state index in [9.17, 15) is 4.79 Å². The van der Waals surface area contributed by atoms with Crippen molar-refractivity contribution in [2.24, 2.45) is 5.92 Å². The fourth-order valence-electron chi connectivity index (χ4n) is 2.06. The topological polar surface area (TPSA) is 20.3 Å². The van der Waals surface area contributed by atoms with E-state index in [0.29, 0.717) is 0 Å². The molecular weight excluding hydrogens is 210 g/mol. The lowest BCUT2D eigenvalue weighted by atomic mass is 9.98. The van der Waals surface area contributed by atoms with Gasteiger partial charge in [-0.05, 0) is 44.8 Å². The highest BCUT2D eigenvalue weighted by Crippen LogP contribution is 2.16. The molecule has 0 atom stereocenters. The maximum atomic E-state index is 10.7. The van der Waals surface area contributed by atoms with E-state index in [1.165, 1.54) is 5.57 Å². The van der Waals surface area contributed by atoms with Gasteiger partial charge in [0, 0.05) is 12.5 Å². The lowest BCUT2D eigenvalue weighted by molar-refractivity contribution is -0.112. The molecule has 1 aliphatic heterocycles. The molecule has 0 radical (unpaired) electrons. The van der Waals surface area contributed by atoms with E-state index in [1.54, 1.807) is 0 Å². The number of allylic oxidation sites excluding steroid dienone is 3. The van der Waals surface area contributed by atoms with Crippen molar-refractivity contribution >= 4 is 6.29 Å². The van der Waals surface area contributed by atoms with E-state index in [4.69, 9.17) is 0 Å². The molecule has 1 rings (SSSR count). The van der Waals surface area contributed by atoms with Gasteiger partial charge in [-0.15, -0.1) is 6.58 Å². The summed E-state index contributed by atoms with van der Waals surface area (Å²) in [6.07, 6.45) is 12.4. The number of hydrogen-bond acceptors (Lipinski definition) is 2. The molecule has 0 unspecified atom stereocenters. The lowest BCUT2D eigenvalue weighted by Gasteiger charge is -2.29. The second-order valence-corrected chi connectivity index (χ2v) is 4.54. The molecule has 0 aromatic rings. The van der Waals surface area contributed by atoms with Crippen LogP contribution in [0.2, 0.25) is 0 Å². The minimum atomic E-state index is 0.289. The summed E-state index contributed by atoms with van der Waals surface area (Å²) in [5.74, 6) is 0.289. The lowest BCUT2D eigenvalue weighted by Crippen LogP contribution is -2.35. The number of likely N-dealkylation sites (tertiary alicyclic amines) is 1. The van der Waals surface area contributed by atoms with E-state index in [0.717, 1.165) is 45.2 Å². The third-order valence-electron chi connectivity index (χ3n) is 3.24. The Kier molecular flexibility index (Phi) is 6.56. The standard InChI is InChI=1S/C15H23NO/c1-3-5-6-7-14(4-2)12-16-10-8-15(13-17)9-11-16/h3-4,6-7,13,15H,1,5,8-12H2,2H3/b7-6-,14-4+. The summed E-state index contributed by atoms with van der Waals surface area (Å²) >= 11 is 0. The van der Waals surface area contributed by atoms with Crippen molar-refractivity contribution in [2.45, 2.75) is 26.2 Å². The normalized spacial score (nSPS) is 19.7. The van der Waals surface area contributed by atoms with Crippen molar-refractivity contribution < 1.29 is 4.79 Å². The Hall–Kier alpha value is -1.15. The zero-order valence-corrected chi connectivity index (χ0v) is 10.8. The zero-order chi connectivity index (χ0) is 12.5. The van der Waals surface area contributed by atoms with Gasteiger partial charge in [0.15, 0.2) is 0 Å². The van der Waals surface area contributed by atoms with Crippen LogP contribution < -0.4 is 0 Å². The van der Waals surface area contributed by atoms with E-state index < -0.39 is 0 Å². The molecular formula is C15H23NO. The molecule has 0 aromatic heterocycles. The Morgan fingerprint density at radius 1 is 1.41 bits per heavy atom. The van der Waals surface area contributed by atoms with Crippen molar-refractivity contribution in [1.82, 2.24) is 4.90 Å². The Morgan fingerprint density at radius 2 is 2.12 bits per heavy atom. The molecule has 0 N–H and O–H groups in total. The van der Waals surface area contributed by atoms with Crippen LogP contribution in [-0.2, 0) is 4.79 Å². The van der Waals surface area contributed by atoms with Gasteiger partial charge < -0.3 is 4.79 Å². The highest BCUT2D eigenvalue weighted by atomic mass is 16.1. The molecule has 2 heteroatoms. The number of carbonyl (C=O) groups is 1. The smallest absolute Gasteiger partial charge is 0.123 e. The molecule has 1 saturated heterocycles. The van der Waals surface area contributed by atoms with Crippen molar-refractivity contribution in [3.63, 3.8) is 0 Å². The van der Waals surface area contributed by atoms with Crippen molar-refractivity contribution in [3.05, 3.63) is 36.5 Å². The second-order valence-electron chi connectivity index (χ2n) is 4.54. The van der Waals surface area contributed by atoms with Gasteiger partial charge in [0.05, 0.1) is 0 Å². The van der Waals surface area contributed by atoms with Crippen LogP contribution in [0.3, 0.4) is 0 Å². The molecule has 1 aliphatic rings. The Morgan fingerprint density at radius 3 is 2.65 bits per heavy atom. The SMILES string of the molecule is C=CC/C=C\C(=C/C)CN1CCC(C=O)CC1. The molecule has 0 aromatic carbocycles. The van der Waals surface area contributed by atoms with Crippen molar-refractivity contribution in [1.29, 1.82) is 0 Å². The number of rotatable bonds is 6. The van der Waals surface area contributed by atoms with E-state index >= 15 is 0 Å². The first kappa shape index (κ1) is 13.9. The molecule has 94 valence electrons. The Bertz CT molecular complexity index is 296. The maximum Gasteiger partial charge on any atom is 0.123 e. The summed E-state index contributed by atoms with van der Waals surface area (Å²) in [5, 5.41) is 0. The summed E-state index contributed by atoms with van der Waals surface area (Å²) in [7, 11) is 0. The minimum absolute atomic E-state index is 0.289.